The summed E-state index contributed by atoms with van der Waals surface area (Å²) in [4.78, 5) is 11.4. The molecule has 0 bridgehead atoms. The summed E-state index contributed by atoms with van der Waals surface area (Å²) in [5, 5.41) is 14.5. The second-order valence-corrected chi connectivity index (χ2v) is 13.6. The largest absolute Gasteiger partial charge is 0.457 e. The molecule has 0 amide bonds. The zero-order chi connectivity index (χ0) is 29.1. The number of benzene rings is 3. The second-order valence-electron chi connectivity index (χ2n) is 9.85. The van der Waals surface area contributed by atoms with Crippen molar-refractivity contribution in [2.45, 2.75) is 24.3 Å². The van der Waals surface area contributed by atoms with Crippen LogP contribution < -0.4 is 9.64 Å². The molecule has 1 fully saturated rings. The van der Waals surface area contributed by atoms with Crippen LogP contribution in [0.15, 0.2) is 89.1 Å². The molecule has 9 nitrogen and oxygen atoms in total. The van der Waals surface area contributed by atoms with Gasteiger partial charge in [-0.2, -0.15) is 8.68 Å². The minimum Gasteiger partial charge on any atom is -0.457 e. The Kier molecular flexibility index (Phi) is 8.31. The summed E-state index contributed by atoms with van der Waals surface area (Å²) in [6.07, 6.45) is -0.344. The van der Waals surface area contributed by atoms with Crippen molar-refractivity contribution in [1.82, 2.24) is 18.6 Å². The van der Waals surface area contributed by atoms with Gasteiger partial charge in [-0.1, -0.05) is 42.5 Å². The van der Waals surface area contributed by atoms with Gasteiger partial charge in [-0.15, -0.1) is 11.3 Å². The summed E-state index contributed by atoms with van der Waals surface area (Å²) in [7, 11) is -3.68. The third-order valence-electron chi connectivity index (χ3n) is 6.96. The number of anilines is 1. The van der Waals surface area contributed by atoms with E-state index in [1.807, 2.05) is 53.6 Å². The van der Waals surface area contributed by atoms with Gasteiger partial charge in [0.15, 0.2) is 5.82 Å². The molecule has 0 saturated carbocycles. The van der Waals surface area contributed by atoms with Gasteiger partial charge in [-0.05, 0) is 55.3 Å². The Labute approximate surface area is 252 Å². The lowest BCUT2D eigenvalue weighted by Gasteiger charge is -2.21. The molecule has 42 heavy (non-hydrogen) atoms. The van der Waals surface area contributed by atoms with Gasteiger partial charge in [0.1, 0.15) is 17.6 Å². The molecule has 0 spiro atoms. The van der Waals surface area contributed by atoms with Crippen LogP contribution in [0.1, 0.15) is 28.9 Å². The number of aryl methyl sites for hydroxylation is 1. The van der Waals surface area contributed by atoms with E-state index in [0.29, 0.717) is 54.9 Å². The highest BCUT2D eigenvalue weighted by Gasteiger charge is 2.29. The lowest BCUT2D eigenvalue weighted by atomic mass is 10.1. The van der Waals surface area contributed by atoms with Crippen LogP contribution >= 0.6 is 22.9 Å². The number of para-hydroxylation sites is 1. The monoisotopic (exact) mass is 619 g/mol. The fourth-order valence-corrected chi connectivity index (χ4v) is 7.63. The third-order valence-corrected chi connectivity index (χ3v) is 10.4. The lowest BCUT2D eigenvalue weighted by Crippen LogP contribution is -2.35. The smallest absolute Gasteiger partial charge is 0.243 e. The quantitative estimate of drug-likeness (QED) is 0.234. The van der Waals surface area contributed by atoms with Crippen LogP contribution in [0.3, 0.4) is 0 Å². The van der Waals surface area contributed by atoms with Crippen LogP contribution in [0, 0.1) is 6.92 Å². The molecular formula is C30H29N5O4S3. The molecule has 5 aromatic rings. The highest BCUT2D eigenvalue weighted by Crippen LogP contribution is 2.30. The molecule has 1 N–H and O–H groups in total. The molecule has 12 heteroatoms. The number of aromatic nitrogens is 3. The molecule has 1 aliphatic heterocycles. The Bertz CT molecular complexity index is 1760. The van der Waals surface area contributed by atoms with E-state index in [0.717, 1.165) is 22.0 Å². The minimum absolute atomic E-state index is 0.264. The first-order valence-corrected chi connectivity index (χ1v) is 16.6. The molecule has 3 aromatic carbocycles. The van der Waals surface area contributed by atoms with Gasteiger partial charge in [-0.3, -0.25) is 0 Å². The number of aliphatic hydroxyl groups is 1. The minimum atomic E-state index is -3.68. The predicted molar refractivity (Wildman–Crippen MR) is 165 cm³/mol. The summed E-state index contributed by atoms with van der Waals surface area (Å²) in [5.41, 5.74) is 2.22. The van der Waals surface area contributed by atoms with Crippen LogP contribution in [0.4, 0.5) is 5.13 Å². The normalized spacial score (nSPS) is 15.3. The van der Waals surface area contributed by atoms with Crippen LogP contribution in [0.2, 0.25) is 0 Å². The SMILES string of the molecule is Cc1nc(-c2cccc(S(=O)(=O)N3CCCN(c4nc(C(O)c5ccc(Oc6ccccc6)cc5)ns4)CC3)c2)cs1. The number of aliphatic hydroxyl groups excluding tert-OH is 1. The number of hydrogen-bond donors (Lipinski definition) is 1. The van der Waals surface area contributed by atoms with Crippen molar-refractivity contribution < 1.29 is 18.3 Å². The van der Waals surface area contributed by atoms with Crippen LogP contribution in [0.5, 0.6) is 11.5 Å². The molecule has 2 aromatic heterocycles. The highest BCUT2D eigenvalue weighted by atomic mass is 32.2. The van der Waals surface area contributed by atoms with Crippen LogP contribution in [0.25, 0.3) is 11.3 Å². The second kappa shape index (κ2) is 12.3. The van der Waals surface area contributed by atoms with E-state index in [2.05, 4.69) is 14.3 Å². The first-order valence-electron chi connectivity index (χ1n) is 13.5. The summed E-state index contributed by atoms with van der Waals surface area (Å²) in [5.74, 6) is 1.72. The maximum Gasteiger partial charge on any atom is 0.243 e. The first kappa shape index (κ1) is 28.4. The third kappa shape index (κ3) is 6.22. The van der Waals surface area contributed by atoms with Crippen molar-refractivity contribution >= 4 is 38.0 Å². The standard InChI is InChI=1S/C30H29N5O4S3/c1-21-31-27(20-40-21)23-7-5-10-26(19-23)42(37,38)35-16-6-15-34(17-18-35)30-32-29(33-41-30)28(36)22-11-13-25(14-12-22)39-24-8-3-2-4-9-24/h2-5,7-14,19-20,28,36H,6,15-18H2,1H3. The number of thiazole rings is 1. The van der Waals surface area contributed by atoms with E-state index in [4.69, 9.17) is 4.74 Å². The van der Waals surface area contributed by atoms with Crippen molar-refractivity contribution in [3.63, 3.8) is 0 Å². The number of rotatable bonds is 8. The Morgan fingerprint density at radius 1 is 0.905 bits per heavy atom. The average Bonchev–Trinajstić information content (AvgIpc) is 3.61. The molecule has 0 radical (unpaired) electrons. The molecule has 6 rings (SSSR count). The summed E-state index contributed by atoms with van der Waals surface area (Å²) in [6, 6.07) is 23.7. The molecule has 1 unspecified atom stereocenters. The fraction of sp³-hybridized carbons (Fsp3) is 0.233. The van der Waals surface area contributed by atoms with E-state index in [9.17, 15) is 13.5 Å². The van der Waals surface area contributed by atoms with Gasteiger partial charge in [0.25, 0.3) is 0 Å². The van der Waals surface area contributed by atoms with Crippen molar-refractivity contribution in [3.8, 4) is 22.8 Å². The van der Waals surface area contributed by atoms with Crippen molar-refractivity contribution in [1.29, 1.82) is 0 Å². The summed E-state index contributed by atoms with van der Waals surface area (Å²) in [6.45, 7) is 3.77. The van der Waals surface area contributed by atoms with Gasteiger partial charge >= 0.3 is 0 Å². The maximum absolute atomic E-state index is 13.6. The van der Waals surface area contributed by atoms with E-state index in [1.54, 1.807) is 42.5 Å². The van der Waals surface area contributed by atoms with E-state index in [1.165, 1.54) is 27.2 Å². The number of sulfonamides is 1. The van der Waals surface area contributed by atoms with Crippen molar-refractivity contribution in [2.24, 2.45) is 0 Å². The van der Waals surface area contributed by atoms with Crippen molar-refractivity contribution in [3.05, 3.63) is 101 Å². The van der Waals surface area contributed by atoms with E-state index >= 15 is 0 Å². The van der Waals surface area contributed by atoms with Crippen LogP contribution in [-0.2, 0) is 10.0 Å². The number of ether oxygens (including phenoxy) is 1. The zero-order valence-electron chi connectivity index (χ0n) is 22.8. The Balaban J connectivity index is 1.11. The molecule has 1 aliphatic rings. The fourth-order valence-electron chi connectivity index (χ4n) is 4.74. The predicted octanol–water partition coefficient (Wildman–Crippen LogP) is 5.75. The van der Waals surface area contributed by atoms with Gasteiger partial charge in [0.2, 0.25) is 15.2 Å². The maximum atomic E-state index is 13.6. The molecule has 1 saturated heterocycles. The molecule has 0 aliphatic carbocycles. The first-order chi connectivity index (χ1) is 20.4. The Morgan fingerprint density at radius 3 is 2.45 bits per heavy atom. The molecule has 3 heterocycles. The molecule has 1 atom stereocenters. The molecule has 216 valence electrons. The van der Waals surface area contributed by atoms with Gasteiger partial charge in [0.05, 0.1) is 15.6 Å². The Hall–Kier alpha value is -3.68. The topological polar surface area (TPSA) is 109 Å². The Morgan fingerprint density at radius 2 is 1.69 bits per heavy atom. The summed E-state index contributed by atoms with van der Waals surface area (Å²) >= 11 is 2.74. The summed E-state index contributed by atoms with van der Waals surface area (Å²) < 4.78 is 38.9. The average molecular weight is 620 g/mol. The van der Waals surface area contributed by atoms with E-state index < -0.39 is 16.1 Å². The number of nitrogens with zero attached hydrogens (tertiary/aromatic N) is 5. The van der Waals surface area contributed by atoms with Crippen molar-refractivity contribution in [2.75, 3.05) is 31.1 Å². The van der Waals surface area contributed by atoms with Gasteiger partial charge in [-0.25, -0.2) is 18.4 Å². The van der Waals surface area contributed by atoms with Crippen LogP contribution in [-0.4, -0.2) is 58.4 Å². The number of hydrogen-bond acceptors (Lipinski definition) is 10. The van der Waals surface area contributed by atoms with Gasteiger partial charge < -0.3 is 14.7 Å². The van der Waals surface area contributed by atoms with Gasteiger partial charge in [0, 0.05) is 48.7 Å². The van der Waals surface area contributed by atoms with E-state index in [-0.39, 0.29) is 4.90 Å². The highest BCUT2D eigenvalue weighted by molar-refractivity contribution is 7.89. The lowest BCUT2D eigenvalue weighted by molar-refractivity contribution is 0.211. The zero-order valence-corrected chi connectivity index (χ0v) is 25.3. The molecular weight excluding hydrogens is 591 g/mol.